The zero-order chi connectivity index (χ0) is 22.0. The minimum absolute atomic E-state index is 0.00137. The number of amides is 3. The fraction of sp³-hybridized carbons (Fsp3) is 0.500. The molecule has 0 saturated carbocycles. The van der Waals surface area contributed by atoms with Crippen LogP contribution in [0, 0.1) is 19.8 Å². The maximum atomic E-state index is 13.4. The molecule has 1 aromatic carbocycles. The van der Waals surface area contributed by atoms with E-state index >= 15 is 0 Å². The Morgan fingerprint density at radius 2 is 1.90 bits per heavy atom. The molecule has 0 bridgehead atoms. The van der Waals surface area contributed by atoms with Gasteiger partial charge in [-0.15, -0.1) is 0 Å². The van der Waals surface area contributed by atoms with Gasteiger partial charge in [-0.1, -0.05) is 13.0 Å². The van der Waals surface area contributed by atoms with Gasteiger partial charge in [0.05, 0.1) is 18.8 Å². The van der Waals surface area contributed by atoms with Crippen molar-refractivity contribution in [2.24, 2.45) is 5.92 Å². The summed E-state index contributed by atoms with van der Waals surface area (Å²) in [5.41, 5.74) is 1.93. The number of aryl methyl sites for hydroxylation is 2. The van der Waals surface area contributed by atoms with Crippen molar-refractivity contribution in [1.82, 2.24) is 10.2 Å². The molecule has 2 aliphatic rings. The van der Waals surface area contributed by atoms with Crippen LogP contribution in [0.3, 0.4) is 0 Å². The molecule has 1 fully saturated rings. The normalized spacial score (nSPS) is 19.0. The second kappa shape index (κ2) is 9.04. The smallest absolute Gasteiger partial charge is 0.324 e. The number of hydrogen-bond donors (Lipinski definition) is 1. The Hall–Kier alpha value is -2.96. The van der Waals surface area contributed by atoms with Gasteiger partial charge in [-0.2, -0.15) is 0 Å². The number of carbonyl (C=O) groups excluding carboxylic acids is 2. The molecule has 31 heavy (non-hydrogen) atoms. The molecule has 166 valence electrons. The number of carbonyl (C=O) groups is 2. The van der Waals surface area contributed by atoms with E-state index in [2.05, 4.69) is 12.2 Å². The minimum atomic E-state index is -0.0808. The van der Waals surface area contributed by atoms with Crippen molar-refractivity contribution in [1.29, 1.82) is 0 Å². The van der Waals surface area contributed by atoms with E-state index in [1.54, 1.807) is 0 Å². The standard InChI is InChI=1S/C24H31N3O4/c1-4-19-15-27(21-13-16(2)5-8-22(21)31-19)24(29)26-11-9-18(10-12-26)23(28)25-14-20-7-6-17(3)30-20/h5-8,13,18-19H,4,9-12,14-15H2,1-3H3,(H,25,28)/t19-/m1/s1. The molecule has 1 saturated heterocycles. The van der Waals surface area contributed by atoms with Crippen LogP contribution >= 0.6 is 0 Å². The van der Waals surface area contributed by atoms with Crippen molar-refractivity contribution in [2.75, 3.05) is 24.5 Å². The van der Waals surface area contributed by atoms with Crippen molar-refractivity contribution in [3.63, 3.8) is 0 Å². The van der Waals surface area contributed by atoms with Gasteiger partial charge in [0.2, 0.25) is 5.91 Å². The van der Waals surface area contributed by atoms with Crippen LogP contribution in [0.4, 0.5) is 10.5 Å². The summed E-state index contributed by atoms with van der Waals surface area (Å²) in [5.74, 6) is 2.30. The fourth-order valence-corrected chi connectivity index (χ4v) is 4.25. The Bertz CT molecular complexity index is 946. The third kappa shape index (κ3) is 4.70. The van der Waals surface area contributed by atoms with E-state index < -0.39 is 0 Å². The SMILES string of the molecule is CC[C@@H]1CN(C(=O)N2CCC(C(=O)NCc3ccc(C)o3)CC2)c2cc(C)ccc2O1. The quantitative estimate of drug-likeness (QED) is 0.803. The van der Waals surface area contributed by atoms with Crippen LogP contribution in [-0.4, -0.2) is 42.6 Å². The summed E-state index contributed by atoms with van der Waals surface area (Å²) in [6, 6.07) is 9.73. The van der Waals surface area contributed by atoms with Gasteiger partial charge in [-0.25, -0.2) is 4.79 Å². The highest BCUT2D eigenvalue weighted by Crippen LogP contribution is 2.36. The van der Waals surface area contributed by atoms with Gasteiger partial charge >= 0.3 is 6.03 Å². The molecule has 0 unspecified atom stereocenters. The first-order chi connectivity index (χ1) is 14.9. The summed E-state index contributed by atoms with van der Waals surface area (Å²) >= 11 is 0. The van der Waals surface area contributed by atoms with E-state index in [1.807, 2.05) is 54.0 Å². The van der Waals surface area contributed by atoms with E-state index in [4.69, 9.17) is 9.15 Å². The van der Waals surface area contributed by atoms with Gasteiger partial charge in [0.15, 0.2) is 0 Å². The van der Waals surface area contributed by atoms with Gasteiger partial charge < -0.3 is 19.4 Å². The topological polar surface area (TPSA) is 75.0 Å². The lowest BCUT2D eigenvalue weighted by molar-refractivity contribution is -0.126. The maximum absolute atomic E-state index is 13.4. The van der Waals surface area contributed by atoms with Crippen LogP contribution in [0.1, 0.15) is 43.3 Å². The van der Waals surface area contributed by atoms with Crippen LogP contribution in [0.25, 0.3) is 0 Å². The van der Waals surface area contributed by atoms with Crippen LogP contribution < -0.4 is 15.0 Å². The van der Waals surface area contributed by atoms with E-state index in [0.717, 1.165) is 34.9 Å². The largest absolute Gasteiger partial charge is 0.486 e. The van der Waals surface area contributed by atoms with E-state index in [0.29, 0.717) is 39.0 Å². The van der Waals surface area contributed by atoms with Crippen molar-refractivity contribution in [2.45, 2.75) is 52.7 Å². The molecule has 7 nitrogen and oxygen atoms in total. The van der Waals surface area contributed by atoms with Crippen molar-refractivity contribution in [3.8, 4) is 5.75 Å². The predicted octanol–water partition coefficient (Wildman–Crippen LogP) is 4.02. The average molecular weight is 426 g/mol. The summed E-state index contributed by atoms with van der Waals surface area (Å²) in [6.45, 7) is 8.07. The predicted molar refractivity (Wildman–Crippen MR) is 118 cm³/mol. The Morgan fingerprint density at radius 1 is 1.13 bits per heavy atom. The molecular weight excluding hydrogens is 394 g/mol. The minimum Gasteiger partial charge on any atom is -0.486 e. The molecule has 1 atom stereocenters. The fourth-order valence-electron chi connectivity index (χ4n) is 4.25. The second-order valence-corrected chi connectivity index (χ2v) is 8.50. The maximum Gasteiger partial charge on any atom is 0.324 e. The zero-order valence-electron chi connectivity index (χ0n) is 18.5. The van der Waals surface area contributed by atoms with Crippen LogP contribution in [0.15, 0.2) is 34.7 Å². The lowest BCUT2D eigenvalue weighted by atomic mass is 9.96. The number of urea groups is 1. The van der Waals surface area contributed by atoms with E-state index in [9.17, 15) is 9.59 Å². The highest BCUT2D eigenvalue weighted by molar-refractivity contribution is 5.94. The number of nitrogens with zero attached hydrogens (tertiary/aromatic N) is 2. The Labute approximate surface area is 183 Å². The number of furan rings is 1. The van der Waals surface area contributed by atoms with E-state index in [1.165, 1.54) is 0 Å². The van der Waals surface area contributed by atoms with Crippen molar-refractivity contribution in [3.05, 3.63) is 47.4 Å². The highest BCUT2D eigenvalue weighted by Gasteiger charge is 2.34. The number of likely N-dealkylation sites (tertiary alicyclic amines) is 1. The molecule has 3 amide bonds. The highest BCUT2D eigenvalue weighted by atomic mass is 16.5. The number of anilines is 1. The summed E-state index contributed by atoms with van der Waals surface area (Å²) in [5, 5.41) is 2.96. The van der Waals surface area contributed by atoms with E-state index in [-0.39, 0.29) is 24.0 Å². The van der Waals surface area contributed by atoms with Gasteiger partial charge in [0.1, 0.15) is 23.4 Å². The molecule has 2 aliphatic heterocycles. The first-order valence-electron chi connectivity index (χ1n) is 11.1. The lowest BCUT2D eigenvalue weighted by Crippen LogP contribution is -2.52. The molecule has 7 heteroatoms. The summed E-state index contributed by atoms with van der Waals surface area (Å²) < 4.78 is 11.6. The number of ether oxygens (including phenoxy) is 1. The van der Waals surface area contributed by atoms with Crippen LogP contribution in [-0.2, 0) is 11.3 Å². The Balaban J connectivity index is 1.36. The third-order valence-corrected chi connectivity index (χ3v) is 6.14. The molecule has 1 aromatic heterocycles. The van der Waals surface area contributed by atoms with Gasteiger partial charge in [-0.05, 0) is 62.9 Å². The summed E-state index contributed by atoms with van der Waals surface area (Å²) in [6.07, 6.45) is 2.16. The Kier molecular flexibility index (Phi) is 6.20. The lowest BCUT2D eigenvalue weighted by Gasteiger charge is -2.39. The molecule has 0 radical (unpaired) electrons. The Morgan fingerprint density at radius 3 is 2.58 bits per heavy atom. The third-order valence-electron chi connectivity index (χ3n) is 6.14. The molecule has 1 N–H and O–H groups in total. The van der Waals surface area contributed by atoms with Crippen LogP contribution in [0.2, 0.25) is 0 Å². The number of fused-ring (bicyclic) bond motifs is 1. The molecule has 0 aliphatic carbocycles. The first kappa shape index (κ1) is 21.3. The van der Waals surface area contributed by atoms with Crippen molar-refractivity contribution >= 4 is 17.6 Å². The van der Waals surface area contributed by atoms with Gasteiger partial charge in [0.25, 0.3) is 0 Å². The molecular formula is C24H31N3O4. The average Bonchev–Trinajstić information content (AvgIpc) is 3.21. The van der Waals surface area contributed by atoms with Gasteiger partial charge in [-0.3, -0.25) is 9.69 Å². The zero-order valence-corrected chi connectivity index (χ0v) is 18.5. The molecule has 0 spiro atoms. The number of piperidine rings is 1. The van der Waals surface area contributed by atoms with Crippen LogP contribution in [0.5, 0.6) is 5.75 Å². The van der Waals surface area contributed by atoms with Gasteiger partial charge in [0, 0.05) is 19.0 Å². The first-order valence-corrected chi connectivity index (χ1v) is 11.1. The summed E-state index contributed by atoms with van der Waals surface area (Å²) in [4.78, 5) is 29.6. The number of nitrogens with one attached hydrogen (secondary N) is 1. The van der Waals surface area contributed by atoms with Crippen molar-refractivity contribution < 1.29 is 18.7 Å². The summed E-state index contributed by atoms with van der Waals surface area (Å²) in [7, 11) is 0. The molecule has 3 heterocycles. The number of benzene rings is 1. The molecule has 2 aromatic rings. The monoisotopic (exact) mass is 425 g/mol. The number of rotatable bonds is 4. The number of hydrogen-bond acceptors (Lipinski definition) is 4. The second-order valence-electron chi connectivity index (χ2n) is 8.50. The molecule has 4 rings (SSSR count).